The molecule has 0 aliphatic carbocycles. The van der Waals surface area contributed by atoms with Gasteiger partial charge in [-0.1, -0.05) is 48.0 Å². The van der Waals surface area contributed by atoms with Gasteiger partial charge in [0, 0.05) is 18.1 Å². The number of carboxylic acids is 1. The van der Waals surface area contributed by atoms with Crippen LogP contribution in [0.3, 0.4) is 0 Å². The van der Waals surface area contributed by atoms with Gasteiger partial charge in [0.1, 0.15) is 5.82 Å². The molecule has 1 saturated heterocycles. The van der Waals surface area contributed by atoms with Gasteiger partial charge in [0.25, 0.3) is 0 Å². The van der Waals surface area contributed by atoms with Gasteiger partial charge >= 0.3 is 5.97 Å². The number of halogens is 2. The quantitative estimate of drug-likeness (QED) is 0.654. The van der Waals surface area contributed by atoms with Gasteiger partial charge in [-0.15, -0.1) is 6.58 Å². The van der Waals surface area contributed by atoms with Crippen molar-refractivity contribution in [2.45, 2.75) is 25.2 Å². The molecule has 162 valence electrons. The Morgan fingerprint density at radius 3 is 2.53 bits per heavy atom. The van der Waals surface area contributed by atoms with Crippen LogP contribution in [0.15, 0.2) is 61.2 Å². The van der Waals surface area contributed by atoms with Crippen LogP contribution in [0.1, 0.15) is 29.9 Å². The zero-order valence-electron chi connectivity index (χ0n) is 16.5. The summed E-state index contributed by atoms with van der Waals surface area (Å²) in [5, 5.41) is 9.36. The molecule has 5 nitrogen and oxygen atoms in total. The van der Waals surface area contributed by atoms with E-state index < -0.39 is 16.0 Å². The predicted molar refractivity (Wildman–Crippen MR) is 117 cm³/mol. The van der Waals surface area contributed by atoms with Gasteiger partial charge in [0.2, 0.25) is 10.0 Å². The van der Waals surface area contributed by atoms with Crippen molar-refractivity contribution in [3.8, 4) is 0 Å². The number of hydrogen-bond acceptors (Lipinski definition) is 3. The lowest BCUT2D eigenvalue weighted by Crippen LogP contribution is -2.40. The summed E-state index contributed by atoms with van der Waals surface area (Å²) in [6.07, 6.45) is 2.90. The molecule has 1 fully saturated rings. The summed E-state index contributed by atoms with van der Waals surface area (Å²) in [4.78, 5) is 10.9. The summed E-state index contributed by atoms with van der Waals surface area (Å²) in [7, 11) is -3.32. The molecule has 2 aromatic carbocycles. The van der Waals surface area contributed by atoms with Crippen LogP contribution >= 0.6 is 11.6 Å². The largest absolute Gasteiger partial charge is 0.481 e. The predicted octanol–water partition coefficient (Wildman–Crippen LogP) is 4.49. The Kier molecular flexibility index (Phi) is 9.02. The van der Waals surface area contributed by atoms with E-state index in [-0.39, 0.29) is 23.9 Å². The van der Waals surface area contributed by atoms with Crippen LogP contribution in [0, 0.1) is 5.82 Å². The maximum Gasteiger partial charge on any atom is 0.307 e. The van der Waals surface area contributed by atoms with Gasteiger partial charge in [-0.3, -0.25) is 4.79 Å². The standard InChI is InChI=1S/C16H20ClNO4S.C6H5F/c1-2-8-23(21,22)18-7-3-4-13(11-18)12-5-6-15(17)14(9-12)10-16(19)20;7-6-4-2-1-3-5-6/h2,5-6,9,13H,1,3-4,7-8,10-11H2,(H,19,20);1-5H. The number of rotatable bonds is 6. The number of carboxylic acid groups (broad SMARTS) is 1. The second-order valence-electron chi connectivity index (χ2n) is 6.98. The Bertz CT molecular complexity index is 966. The number of benzene rings is 2. The van der Waals surface area contributed by atoms with Gasteiger partial charge in [-0.25, -0.2) is 17.1 Å². The first-order chi connectivity index (χ1) is 14.2. The summed E-state index contributed by atoms with van der Waals surface area (Å²) < 4.78 is 37.8. The van der Waals surface area contributed by atoms with Crippen molar-refractivity contribution in [2.24, 2.45) is 0 Å². The van der Waals surface area contributed by atoms with Crippen molar-refractivity contribution in [3.05, 3.63) is 83.2 Å². The first-order valence-electron chi connectivity index (χ1n) is 9.52. The molecule has 3 rings (SSSR count). The molecular weight excluding hydrogens is 429 g/mol. The average Bonchev–Trinajstić information content (AvgIpc) is 2.70. The smallest absolute Gasteiger partial charge is 0.307 e. The molecule has 1 aliphatic heterocycles. The lowest BCUT2D eigenvalue weighted by molar-refractivity contribution is -0.136. The Hall–Kier alpha value is -2.22. The minimum Gasteiger partial charge on any atom is -0.481 e. The molecule has 0 bridgehead atoms. The van der Waals surface area contributed by atoms with E-state index in [2.05, 4.69) is 6.58 Å². The third kappa shape index (κ3) is 7.23. The highest BCUT2D eigenvalue weighted by Gasteiger charge is 2.29. The van der Waals surface area contributed by atoms with Gasteiger partial charge in [-0.05, 0) is 48.1 Å². The molecule has 0 saturated carbocycles. The lowest BCUT2D eigenvalue weighted by Gasteiger charge is -2.32. The Balaban J connectivity index is 0.000000386. The van der Waals surface area contributed by atoms with E-state index in [0.29, 0.717) is 23.7 Å². The van der Waals surface area contributed by atoms with Gasteiger partial charge in [0.15, 0.2) is 0 Å². The minimum atomic E-state index is -3.32. The molecule has 0 aromatic heterocycles. The molecule has 1 heterocycles. The van der Waals surface area contributed by atoms with Gasteiger partial charge < -0.3 is 5.11 Å². The molecule has 1 aliphatic rings. The number of hydrogen-bond donors (Lipinski definition) is 1. The zero-order valence-corrected chi connectivity index (χ0v) is 18.1. The fraction of sp³-hybridized carbons (Fsp3) is 0.318. The van der Waals surface area contributed by atoms with Crippen LogP contribution in [0.2, 0.25) is 5.02 Å². The number of sulfonamides is 1. The number of piperidine rings is 1. The normalized spacial score (nSPS) is 16.9. The van der Waals surface area contributed by atoms with E-state index in [1.54, 1.807) is 30.3 Å². The fourth-order valence-corrected chi connectivity index (χ4v) is 4.79. The summed E-state index contributed by atoms with van der Waals surface area (Å²) in [5.41, 5.74) is 1.49. The van der Waals surface area contributed by atoms with Crippen molar-refractivity contribution in [1.29, 1.82) is 0 Å². The second-order valence-corrected chi connectivity index (χ2v) is 9.40. The highest BCUT2D eigenvalue weighted by atomic mass is 35.5. The highest BCUT2D eigenvalue weighted by Crippen LogP contribution is 2.31. The van der Waals surface area contributed by atoms with E-state index in [1.807, 2.05) is 6.07 Å². The van der Waals surface area contributed by atoms with Crippen LogP contribution in [-0.4, -0.2) is 42.6 Å². The maximum absolute atomic E-state index is 12.2. The Morgan fingerprint density at radius 1 is 1.27 bits per heavy atom. The van der Waals surface area contributed by atoms with E-state index in [9.17, 15) is 17.6 Å². The first kappa shape index (κ1) is 24.1. The molecule has 0 amide bonds. The summed E-state index contributed by atoms with van der Waals surface area (Å²) in [6, 6.07) is 13.3. The van der Waals surface area contributed by atoms with E-state index in [1.165, 1.54) is 22.5 Å². The van der Waals surface area contributed by atoms with Crippen LogP contribution in [0.5, 0.6) is 0 Å². The molecule has 8 heteroatoms. The van der Waals surface area contributed by atoms with Crippen molar-refractivity contribution >= 4 is 27.6 Å². The summed E-state index contributed by atoms with van der Waals surface area (Å²) in [6.45, 7) is 4.41. The van der Waals surface area contributed by atoms with E-state index in [0.717, 1.165) is 18.4 Å². The average molecular weight is 454 g/mol. The molecule has 2 aromatic rings. The molecule has 1 unspecified atom stereocenters. The zero-order chi connectivity index (χ0) is 22.1. The molecule has 30 heavy (non-hydrogen) atoms. The highest BCUT2D eigenvalue weighted by molar-refractivity contribution is 7.89. The molecular formula is C22H25ClFNO4S. The second kappa shape index (κ2) is 11.2. The van der Waals surface area contributed by atoms with E-state index in [4.69, 9.17) is 16.7 Å². The van der Waals surface area contributed by atoms with Crippen molar-refractivity contribution in [2.75, 3.05) is 18.8 Å². The maximum atomic E-state index is 12.2. The molecule has 0 spiro atoms. The number of aliphatic carboxylic acids is 1. The fourth-order valence-electron chi connectivity index (χ4n) is 3.28. The van der Waals surface area contributed by atoms with Gasteiger partial charge in [-0.2, -0.15) is 0 Å². The minimum absolute atomic E-state index is 0.0492. The monoisotopic (exact) mass is 453 g/mol. The van der Waals surface area contributed by atoms with Crippen LogP contribution < -0.4 is 0 Å². The Morgan fingerprint density at radius 2 is 1.97 bits per heavy atom. The SMILES string of the molecule is C=CCS(=O)(=O)N1CCCC(c2ccc(Cl)c(CC(=O)O)c2)C1.Fc1ccccc1. The van der Waals surface area contributed by atoms with Crippen LogP contribution in [0.4, 0.5) is 4.39 Å². The van der Waals surface area contributed by atoms with Crippen LogP contribution in [0.25, 0.3) is 0 Å². The summed E-state index contributed by atoms with van der Waals surface area (Å²) in [5.74, 6) is -1.14. The van der Waals surface area contributed by atoms with Crippen molar-refractivity contribution in [3.63, 3.8) is 0 Å². The molecule has 0 radical (unpaired) electrons. The topological polar surface area (TPSA) is 74.7 Å². The number of carbonyl (C=O) groups is 1. The van der Waals surface area contributed by atoms with Gasteiger partial charge in [0.05, 0.1) is 12.2 Å². The first-order valence-corrected chi connectivity index (χ1v) is 11.5. The van der Waals surface area contributed by atoms with E-state index >= 15 is 0 Å². The third-order valence-corrected chi connectivity index (χ3v) is 6.87. The Labute approximate surface area is 181 Å². The van der Waals surface area contributed by atoms with Crippen molar-refractivity contribution in [1.82, 2.24) is 4.31 Å². The lowest BCUT2D eigenvalue weighted by atomic mass is 9.90. The number of nitrogens with zero attached hydrogens (tertiary/aromatic N) is 1. The van der Waals surface area contributed by atoms with Crippen LogP contribution in [-0.2, 0) is 21.2 Å². The third-order valence-electron chi connectivity index (χ3n) is 4.72. The van der Waals surface area contributed by atoms with Crippen molar-refractivity contribution < 1.29 is 22.7 Å². The molecule has 1 atom stereocenters. The molecule has 1 N–H and O–H groups in total. The summed E-state index contributed by atoms with van der Waals surface area (Å²) >= 11 is 6.04.